The van der Waals surface area contributed by atoms with Gasteiger partial charge in [-0.05, 0) is 42.3 Å². The fourth-order valence-corrected chi connectivity index (χ4v) is 3.29. The number of ketones is 1. The number of anilines is 1. The summed E-state index contributed by atoms with van der Waals surface area (Å²) in [4.78, 5) is 21.7. The highest BCUT2D eigenvalue weighted by molar-refractivity contribution is 6.45. The molecule has 31 heavy (non-hydrogen) atoms. The molecule has 2 N–H and O–H groups in total. The quantitative estimate of drug-likeness (QED) is 0.500. The van der Waals surface area contributed by atoms with Gasteiger partial charge in [-0.1, -0.05) is 35.9 Å². The smallest absolute Gasteiger partial charge is 0.204 e. The number of nitrogens with one attached hydrogen (secondary N) is 2. The van der Waals surface area contributed by atoms with Crippen molar-refractivity contribution >= 4 is 23.4 Å². The molecule has 6 nitrogen and oxygen atoms in total. The molecular formula is C25H26N4O2. The van der Waals surface area contributed by atoms with Gasteiger partial charge < -0.3 is 15.5 Å². The van der Waals surface area contributed by atoms with Crippen LogP contribution in [0.3, 0.4) is 0 Å². The molecule has 0 aliphatic rings. The van der Waals surface area contributed by atoms with Crippen molar-refractivity contribution in [3.8, 4) is 5.75 Å². The number of benzene rings is 2. The molecule has 2 aromatic carbocycles. The summed E-state index contributed by atoms with van der Waals surface area (Å²) in [5.74, 6) is -0.197. The van der Waals surface area contributed by atoms with Crippen LogP contribution in [0.25, 0.3) is 0 Å². The van der Waals surface area contributed by atoms with E-state index in [4.69, 9.17) is 10.1 Å². The van der Waals surface area contributed by atoms with Crippen LogP contribution in [-0.2, 0) is 4.79 Å². The Labute approximate surface area is 182 Å². The van der Waals surface area contributed by atoms with Crippen molar-refractivity contribution < 1.29 is 9.53 Å². The monoisotopic (exact) mass is 414 g/mol. The van der Waals surface area contributed by atoms with E-state index in [1.165, 1.54) is 0 Å². The van der Waals surface area contributed by atoms with Gasteiger partial charge in [0.25, 0.3) is 0 Å². The van der Waals surface area contributed by atoms with Crippen molar-refractivity contribution in [3.05, 3.63) is 89.7 Å². The maximum atomic E-state index is 13.6. The van der Waals surface area contributed by atoms with Crippen molar-refractivity contribution in [1.82, 2.24) is 4.98 Å². The van der Waals surface area contributed by atoms with Crippen molar-refractivity contribution in [3.63, 3.8) is 0 Å². The minimum Gasteiger partial charge on any atom is -0.497 e. The van der Waals surface area contributed by atoms with Gasteiger partial charge in [-0.15, -0.1) is 0 Å². The Morgan fingerprint density at radius 3 is 2.45 bits per heavy atom. The number of hydrogen-bond acceptors (Lipinski definition) is 6. The first kappa shape index (κ1) is 21.9. The van der Waals surface area contributed by atoms with Gasteiger partial charge in [0, 0.05) is 37.4 Å². The first-order chi connectivity index (χ1) is 15.0. The molecule has 0 bridgehead atoms. The number of aryl methyl sites for hydroxylation is 1. The lowest BCUT2D eigenvalue weighted by atomic mass is 9.88. The highest BCUT2D eigenvalue weighted by Gasteiger charge is 2.29. The second-order valence-corrected chi connectivity index (χ2v) is 7.16. The van der Waals surface area contributed by atoms with Crippen LogP contribution in [0, 0.1) is 12.3 Å². The third-order valence-corrected chi connectivity index (χ3v) is 4.99. The number of rotatable bonds is 9. The van der Waals surface area contributed by atoms with E-state index in [1.54, 1.807) is 44.9 Å². The topological polar surface area (TPSA) is 87.4 Å². The van der Waals surface area contributed by atoms with Gasteiger partial charge in [-0.2, -0.15) is 0 Å². The molecule has 3 rings (SSSR count). The number of carbonyl (C=O) groups is 1. The van der Waals surface area contributed by atoms with Crippen molar-refractivity contribution in [2.75, 3.05) is 19.5 Å². The summed E-state index contributed by atoms with van der Waals surface area (Å²) >= 11 is 0. The summed E-state index contributed by atoms with van der Waals surface area (Å²) < 4.78 is 5.30. The van der Waals surface area contributed by atoms with Gasteiger partial charge >= 0.3 is 0 Å². The van der Waals surface area contributed by atoms with Gasteiger partial charge in [-0.3, -0.25) is 14.8 Å². The van der Waals surface area contributed by atoms with Crippen molar-refractivity contribution in [2.24, 2.45) is 4.99 Å². The van der Waals surface area contributed by atoms with Crippen LogP contribution in [0.5, 0.6) is 5.75 Å². The SMILES string of the molecule is CN=CC(C(=N)C(=O)C(Nc1cccc(OC)c1)c1ccc(C)cc1)c1ccncc1. The standard InChI is InChI=1S/C25H26N4O2/c1-17-7-9-19(10-8-17)24(29-20-5-4-6-21(15-20)31-3)25(30)23(26)22(16-27-2)18-11-13-28-14-12-18/h4-16,22,24,26,29H,1-3H3. The van der Waals surface area contributed by atoms with E-state index in [0.29, 0.717) is 5.75 Å². The van der Waals surface area contributed by atoms with Crippen LogP contribution < -0.4 is 10.1 Å². The number of ether oxygens (including phenoxy) is 1. The van der Waals surface area contributed by atoms with Crippen LogP contribution in [-0.4, -0.2) is 36.9 Å². The third-order valence-electron chi connectivity index (χ3n) is 4.99. The normalized spacial score (nSPS) is 12.9. The lowest BCUT2D eigenvalue weighted by Crippen LogP contribution is -2.32. The van der Waals surface area contributed by atoms with Crippen LogP contribution in [0.4, 0.5) is 5.69 Å². The van der Waals surface area contributed by atoms with Crippen molar-refractivity contribution in [2.45, 2.75) is 18.9 Å². The fourth-order valence-electron chi connectivity index (χ4n) is 3.29. The molecule has 158 valence electrons. The van der Waals surface area contributed by atoms with E-state index in [0.717, 1.165) is 22.4 Å². The molecule has 2 atom stereocenters. The number of pyridine rings is 1. The van der Waals surface area contributed by atoms with E-state index in [1.807, 2.05) is 55.5 Å². The Balaban J connectivity index is 1.97. The number of nitrogens with zero attached hydrogens (tertiary/aromatic N) is 2. The highest BCUT2D eigenvalue weighted by atomic mass is 16.5. The molecule has 0 saturated heterocycles. The zero-order valence-corrected chi connectivity index (χ0v) is 17.9. The lowest BCUT2D eigenvalue weighted by molar-refractivity contribution is -0.113. The maximum Gasteiger partial charge on any atom is 0.204 e. The van der Waals surface area contributed by atoms with E-state index in [9.17, 15) is 4.79 Å². The summed E-state index contributed by atoms with van der Waals surface area (Å²) in [6.45, 7) is 2.00. The largest absolute Gasteiger partial charge is 0.497 e. The average molecular weight is 415 g/mol. The molecular weight excluding hydrogens is 388 g/mol. The summed E-state index contributed by atoms with van der Waals surface area (Å²) in [6.07, 6.45) is 4.92. The third kappa shape index (κ3) is 5.42. The molecule has 0 aliphatic heterocycles. The van der Waals surface area contributed by atoms with Gasteiger partial charge in [0.15, 0.2) is 0 Å². The van der Waals surface area contributed by atoms with Gasteiger partial charge in [0.1, 0.15) is 11.8 Å². The maximum absolute atomic E-state index is 13.6. The molecule has 2 unspecified atom stereocenters. The summed E-state index contributed by atoms with van der Waals surface area (Å²) in [5, 5.41) is 12.0. The van der Waals surface area contributed by atoms with Crippen molar-refractivity contribution in [1.29, 1.82) is 5.41 Å². The minimum absolute atomic E-state index is 0.0437. The summed E-state index contributed by atoms with van der Waals surface area (Å²) in [7, 11) is 3.23. The second-order valence-electron chi connectivity index (χ2n) is 7.16. The number of aromatic nitrogens is 1. The van der Waals surface area contributed by atoms with Gasteiger partial charge in [0.05, 0.1) is 18.7 Å². The molecule has 0 radical (unpaired) electrons. The first-order valence-corrected chi connectivity index (χ1v) is 9.95. The first-order valence-electron chi connectivity index (χ1n) is 9.95. The Kier molecular flexibility index (Phi) is 7.27. The minimum atomic E-state index is -0.727. The van der Waals surface area contributed by atoms with E-state index < -0.39 is 12.0 Å². The van der Waals surface area contributed by atoms with E-state index in [-0.39, 0.29) is 11.5 Å². The number of hydrogen-bond donors (Lipinski definition) is 2. The molecule has 0 aliphatic carbocycles. The zero-order chi connectivity index (χ0) is 22.2. The molecule has 3 aromatic rings. The number of aliphatic imine (C=N–C) groups is 1. The molecule has 1 aromatic heterocycles. The molecule has 0 spiro atoms. The molecule has 0 fully saturated rings. The lowest BCUT2D eigenvalue weighted by Gasteiger charge is -2.22. The summed E-state index contributed by atoms with van der Waals surface area (Å²) in [6, 6.07) is 18.0. The predicted octanol–water partition coefficient (Wildman–Crippen LogP) is 4.63. The number of methoxy groups -OCH3 is 1. The Hall–Kier alpha value is -3.80. The molecule has 6 heteroatoms. The molecule has 0 saturated carbocycles. The predicted molar refractivity (Wildman–Crippen MR) is 125 cm³/mol. The van der Waals surface area contributed by atoms with Gasteiger partial charge in [-0.25, -0.2) is 0 Å². The number of carbonyl (C=O) groups excluding carboxylic acids is 1. The van der Waals surface area contributed by atoms with Gasteiger partial charge in [0.2, 0.25) is 5.78 Å². The van der Waals surface area contributed by atoms with E-state index >= 15 is 0 Å². The van der Waals surface area contributed by atoms with Crippen LogP contribution in [0.1, 0.15) is 28.7 Å². The second kappa shape index (κ2) is 10.3. The Morgan fingerprint density at radius 2 is 1.81 bits per heavy atom. The number of Topliss-reactive ketones (excluding diaryl/α,β-unsaturated/α-hetero) is 1. The van der Waals surface area contributed by atoms with E-state index in [2.05, 4.69) is 15.3 Å². The van der Waals surface area contributed by atoms with Crippen LogP contribution in [0.15, 0.2) is 78.0 Å². The molecule has 1 heterocycles. The average Bonchev–Trinajstić information content (AvgIpc) is 2.81. The Morgan fingerprint density at radius 1 is 1.10 bits per heavy atom. The van der Waals surface area contributed by atoms with Crippen LogP contribution >= 0.6 is 0 Å². The fraction of sp³-hybridized carbons (Fsp3) is 0.200. The highest BCUT2D eigenvalue weighted by Crippen LogP contribution is 2.27. The Bertz CT molecular complexity index is 1060. The zero-order valence-electron chi connectivity index (χ0n) is 17.9. The van der Waals surface area contributed by atoms with Crippen LogP contribution in [0.2, 0.25) is 0 Å². The molecule has 0 amide bonds. The summed E-state index contributed by atoms with van der Waals surface area (Å²) in [5.41, 5.74) is 3.36.